The van der Waals surface area contributed by atoms with Crippen LogP contribution in [0.2, 0.25) is 19.1 Å². The van der Waals surface area contributed by atoms with E-state index in [-0.39, 0.29) is 12.1 Å². The third-order valence-corrected chi connectivity index (χ3v) is 5.19. The Morgan fingerprint density at radius 1 is 1.53 bits per heavy atom. The van der Waals surface area contributed by atoms with E-state index in [1.807, 2.05) is 0 Å². The fraction of sp³-hybridized carbons (Fsp3) is 0.909. The van der Waals surface area contributed by atoms with Crippen LogP contribution >= 0.6 is 0 Å². The van der Waals surface area contributed by atoms with Crippen LogP contribution in [0.5, 0.6) is 0 Å². The SMILES string of the molecule is CCCC[Si](C)(C)OC1CCCOC1=O. The van der Waals surface area contributed by atoms with Gasteiger partial charge in [-0.25, -0.2) is 4.79 Å². The molecule has 0 aromatic rings. The van der Waals surface area contributed by atoms with Crippen molar-refractivity contribution in [1.82, 2.24) is 0 Å². The van der Waals surface area contributed by atoms with Crippen molar-refractivity contribution in [3.05, 3.63) is 0 Å². The Labute approximate surface area is 93.3 Å². The zero-order valence-electron chi connectivity index (χ0n) is 10.0. The van der Waals surface area contributed by atoms with Crippen LogP contribution in [0, 0.1) is 0 Å². The smallest absolute Gasteiger partial charge is 0.334 e. The lowest BCUT2D eigenvalue weighted by molar-refractivity contribution is -0.157. The number of cyclic esters (lactones) is 1. The summed E-state index contributed by atoms with van der Waals surface area (Å²) in [5, 5.41) is 0. The minimum absolute atomic E-state index is 0.154. The van der Waals surface area contributed by atoms with Gasteiger partial charge in [0.15, 0.2) is 8.32 Å². The molecule has 0 radical (unpaired) electrons. The first-order valence-electron chi connectivity index (χ1n) is 5.89. The topological polar surface area (TPSA) is 35.5 Å². The minimum atomic E-state index is -1.65. The Morgan fingerprint density at radius 2 is 2.27 bits per heavy atom. The molecule has 4 heteroatoms. The maximum Gasteiger partial charge on any atom is 0.334 e. The lowest BCUT2D eigenvalue weighted by atomic mass is 10.2. The van der Waals surface area contributed by atoms with Gasteiger partial charge < -0.3 is 9.16 Å². The second kappa shape index (κ2) is 5.65. The molecule has 1 aliphatic heterocycles. The monoisotopic (exact) mass is 230 g/mol. The van der Waals surface area contributed by atoms with Gasteiger partial charge in [-0.05, 0) is 32.0 Å². The Balaban J connectivity index is 2.40. The molecule has 0 aromatic heterocycles. The summed E-state index contributed by atoms with van der Waals surface area (Å²) in [5.41, 5.74) is 0. The van der Waals surface area contributed by atoms with Crippen molar-refractivity contribution < 1.29 is 14.0 Å². The standard InChI is InChI=1S/C11H22O3Si/c1-4-5-9-15(2,3)14-10-7-6-8-13-11(10)12/h10H,4-9H2,1-3H3. The molecule has 1 rings (SSSR count). The zero-order valence-corrected chi connectivity index (χ0v) is 11.0. The molecule has 0 spiro atoms. The molecule has 1 saturated heterocycles. The highest BCUT2D eigenvalue weighted by molar-refractivity contribution is 6.71. The summed E-state index contributed by atoms with van der Waals surface area (Å²) in [6, 6.07) is 1.13. The summed E-state index contributed by atoms with van der Waals surface area (Å²) in [4.78, 5) is 11.4. The lowest BCUT2D eigenvalue weighted by Crippen LogP contribution is -2.41. The van der Waals surface area contributed by atoms with Gasteiger partial charge >= 0.3 is 5.97 Å². The van der Waals surface area contributed by atoms with Crippen molar-refractivity contribution in [2.75, 3.05) is 6.61 Å². The van der Waals surface area contributed by atoms with Gasteiger partial charge in [-0.2, -0.15) is 0 Å². The fourth-order valence-corrected chi connectivity index (χ4v) is 4.11. The van der Waals surface area contributed by atoms with Crippen LogP contribution in [-0.4, -0.2) is 27.0 Å². The first-order valence-corrected chi connectivity index (χ1v) is 9.01. The number of unbranched alkanes of at least 4 members (excludes halogenated alkanes) is 1. The highest BCUT2D eigenvalue weighted by Gasteiger charge is 2.32. The molecule has 0 aromatic carbocycles. The molecule has 0 amide bonds. The Bertz CT molecular complexity index is 216. The van der Waals surface area contributed by atoms with E-state index in [0.717, 1.165) is 18.9 Å². The summed E-state index contributed by atoms with van der Waals surface area (Å²) in [5.74, 6) is -0.154. The van der Waals surface area contributed by atoms with Crippen molar-refractivity contribution in [3.8, 4) is 0 Å². The number of rotatable bonds is 5. The van der Waals surface area contributed by atoms with Crippen LogP contribution < -0.4 is 0 Å². The van der Waals surface area contributed by atoms with E-state index >= 15 is 0 Å². The van der Waals surface area contributed by atoms with Crippen LogP contribution in [-0.2, 0) is 14.0 Å². The average molecular weight is 230 g/mol. The van der Waals surface area contributed by atoms with E-state index in [2.05, 4.69) is 20.0 Å². The second-order valence-corrected chi connectivity index (χ2v) is 9.03. The summed E-state index contributed by atoms with van der Waals surface area (Å²) in [6.07, 6.45) is 3.88. The first kappa shape index (κ1) is 12.7. The van der Waals surface area contributed by atoms with Gasteiger partial charge in [0, 0.05) is 0 Å². The largest absolute Gasteiger partial charge is 0.464 e. The quantitative estimate of drug-likeness (QED) is 0.538. The van der Waals surface area contributed by atoms with Crippen molar-refractivity contribution in [3.63, 3.8) is 0 Å². The predicted molar refractivity (Wildman–Crippen MR) is 62.3 cm³/mol. The van der Waals surface area contributed by atoms with Crippen molar-refractivity contribution in [2.45, 2.75) is 57.8 Å². The van der Waals surface area contributed by atoms with E-state index in [9.17, 15) is 4.79 Å². The minimum Gasteiger partial charge on any atom is -0.464 e. The molecule has 1 fully saturated rings. The fourth-order valence-electron chi connectivity index (χ4n) is 1.81. The molecule has 1 unspecified atom stereocenters. The predicted octanol–water partition coefficient (Wildman–Crippen LogP) is 2.71. The highest BCUT2D eigenvalue weighted by Crippen LogP contribution is 2.21. The van der Waals surface area contributed by atoms with Gasteiger partial charge in [0.2, 0.25) is 0 Å². The van der Waals surface area contributed by atoms with Crippen LogP contribution in [0.25, 0.3) is 0 Å². The number of hydrogen-bond acceptors (Lipinski definition) is 3. The maximum atomic E-state index is 11.4. The van der Waals surface area contributed by atoms with E-state index in [1.54, 1.807) is 0 Å². The van der Waals surface area contributed by atoms with Crippen LogP contribution in [0.1, 0.15) is 32.6 Å². The molecular weight excluding hydrogens is 208 g/mol. The number of carbonyl (C=O) groups excluding carboxylic acids is 1. The van der Waals surface area contributed by atoms with Crippen molar-refractivity contribution in [1.29, 1.82) is 0 Å². The number of hydrogen-bond donors (Lipinski definition) is 0. The summed E-state index contributed by atoms with van der Waals surface area (Å²) in [6.45, 7) is 7.12. The molecule has 0 aliphatic carbocycles. The molecule has 88 valence electrons. The van der Waals surface area contributed by atoms with Gasteiger partial charge in [0.1, 0.15) is 6.10 Å². The lowest BCUT2D eigenvalue weighted by Gasteiger charge is -2.30. The Morgan fingerprint density at radius 3 is 2.87 bits per heavy atom. The van der Waals surface area contributed by atoms with Gasteiger partial charge in [0.05, 0.1) is 6.61 Å². The highest BCUT2D eigenvalue weighted by atomic mass is 28.4. The zero-order chi connectivity index (χ0) is 11.3. The molecule has 0 bridgehead atoms. The maximum absolute atomic E-state index is 11.4. The normalized spacial score (nSPS) is 22.6. The molecule has 1 atom stereocenters. The third-order valence-electron chi connectivity index (χ3n) is 2.71. The third kappa shape index (κ3) is 4.34. The summed E-state index contributed by atoms with van der Waals surface area (Å²) in [7, 11) is -1.65. The molecule has 1 heterocycles. The first-order chi connectivity index (χ1) is 7.05. The summed E-state index contributed by atoms with van der Waals surface area (Å²) >= 11 is 0. The number of carbonyl (C=O) groups is 1. The molecule has 1 aliphatic rings. The van der Waals surface area contributed by atoms with Crippen LogP contribution in [0.15, 0.2) is 0 Å². The summed E-state index contributed by atoms with van der Waals surface area (Å²) < 4.78 is 11.0. The van der Waals surface area contributed by atoms with E-state index in [0.29, 0.717) is 6.61 Å². The van der Waals surface area contributed by atoms with E-state index < -0.39 is 8.32 Å². The van der Waals surface area contributed by atoms with E-state index in [1.165, 1.54) is 12.8 Å². The van der Waals surface area contributed by atoms with Crippen LogP contribution in [0.4, 0.5) is 0 Å². The van der Waals surface area contributed by atoms with E-state index in [4.69, 9.17) is 9.16 Å². The van der Waals surface area contributed by atoms with Crippen molar-refractivity contribution in [2.24, 2.45) is 0 Å². The number of ether oxygens (including phenoxy) is 1. The van der Waals surface area contributed by atoms with Gasteiger partial charge in [0.25, 0.3) is 0 Å². The Hall–Kier alpha value is -0.353. The van der Waals surface area contributed by atoms with Gasteiger partial charge in [-0.15, -0.1) is 0 Å². The van der Waals surface area contributed by atoms with Gasteiger partial charge in [-0.3, -0.25) is 0 Å². The molecular formula is C11H22O3Si. The number of esters is 1. The van der Waals surface area contributed by atoms with Crippen LogP contribution in [0.3, 0.4) is 0 Å². The molecule has 0 N–H and O–H groups in total. The average Bonchev–Trinajstić information content (AvgIpc) is 2.18. The van der Waals surface area contributed by atoms with Gasteiger partial charge in [-0.1, -0.05) is 19.8 Å². The molecule has 0 saturated carbocycles. The molecule has 15 heavy (non-hydrogen) atoms. The molecule has 3 nitrogen and oxygen atoms in total. The Kier molecular flexibility index (Phi) is 4.79. The second-order valence-electron chi connectivity index (χ2n) is 4.78. The van der Waals surface area contributed by atoms with Crippen molar-refractivity contribution >= 4 is 14.3 Å².